The molecule has 1 aliphatic carbocycles. The molecule has 0 heterocycles. The van der Waals surface area contributed by atoms with Crippen LogP contribution in [0.15, 0.2) is 11.4 Å². The lowest BCUT2D eigenvalue weighted by molar-refractivity contribution is -0.139. The van der Waals surface area contributed by atoms with Crippen LogP contribution in [0.3, 0.4) is 0 Å². The van der Waals surface area contributed by atoms with Gasteiger partial charge in [0.1, 0.15) is 0 Å². The van der Waals surface area contributed by atoms with Gasteiger partial charge in [-0.3, -0.25) is 4.79 Å². The largest absolute Gasteiger partial charge is 0.481 e. The Morgan fingerprint density at radius 1 is 1.38 bits per heavy atom. The van der Waals surface area contributed by atoms with Crippen LogP contribution < -0.4 is 0 Å². The minimum absolute atomic E-state index is 0.280. The summed E-state index contributed by atoms with van der Waals surface area (Å²) >= 11 is 4.56. The highest BCUT2D eigenvalue weighted by Crippen LogP contribution is 2.62. The van der Waals surface area contributed by atoms with Crippen LogP contribution in [0.1, 0.15) is 20.8 Å². The summed E-state index contributed by atoms with van der Waals surface area (Å²) < 4.78 is 38.2. The molecule has 0 aromatic carbocycles. The molecular weight excluding hydrogens is 245 g/mol. The lowest BCUT2D eigenvalue weighted by Crippen LogP contribution is -2.10. The lowest BCUT2D eigenvalue weighted by Gasteiger charge is -2.09. The van der Waals surface area contributed by atoms with Crippen molar-refractivity contribution in [3.05, 3.63) is 11.4 Å². The standard InChI is InChI=1S/C10H12ClF3O2/c1-4(7(12)10(11,13)14)5-6(8(15)16)9(5,2)3/h5-6H,1-3H3,(H,15,16). The number of hydrogen-bond donors (Lipinski definition) is 1. The van der Waals surface area contributed by atoms with E-state index in [0.29, 0.717) is 0 Å². The molecule has 0 aliphatic heterocycles. The van der Waals surface area contributed by atoms with Gasteiger partial charge in [0, 0.05) is 5.92 Å². The van der Waals surface area contributed by atoms with Gasteiger partial charge in [0.15, 0.2) is 5.83 Å². The number of hydrogen-bond acceptors (Lipinski definition) is 1. The third kappa shape index (κ3) is 2.05. The Bertz CT molecular complexity index is 358. The summed E-state index contributed by atoms with van der Waals surface area (Å²) in [6.45, 7) is 4.35. The van der Waals surface area contributed by atoms with Gasteiger partial charge in [-0.05, 0) is 29.5 Å². The maximum atomic E-state index is 13.2. The molecule has 1 N–H and O–H groups in total. The van der Waals surface area contributed by atoms with Crippen molar-refractivity contribution in [3.8, 4) is 0 Å². The summed E-state index contributed by atoms with van der Waals surface area (Å²) in [6.07, 6.45) is 0. The van der Waals surface area contributed by atoms with Crippen LogP contribution >= 0.6 is 11.6 Å². The van der Waals surface area contributed by atoms with Gasteiger partial charge in [0.05, 0.1) is 5.92 Å². The summed E-state index contributed by atoms with van der Waals surface area (Å²) in [5.41, 5.74) is -0.993. The fourth-order valence-electron chi connectivity index (χ4n) is 2.27. The normalized spacial score (nSPS) is 29.7. The number of alkyl halides is 3. The van der Waals surface area contributed by atoms with Crippen LogP contribution in [0.4, 0.5) is 13.2 Å². The molecule has 0 aromatic heterocycles. The molecule has 1 rings (SSSR count). The average Bonchev–Trinajstić information content (AvgIpc) is 2.65. The molecule has 1 fully saturated rings. The van der Waals surface area contributed by atoms with Gasteiger partial charge < -0.3 is 5.11 Å². The summed E-state index contributed by atoms with van der Waals surface area (Å²) in [6, 6.07) is 0. The SMILES string of the molecule is CC(=C(F)C(F)(F)Cl)C1C(C(=O)O)C1(C)C. The van der Waals surface area contributed by atoms with E-state index in [4.69, 9.17) is 5.11 Å². The monoisotopic (exact) mass is 256 g/mol. The van der Waals surface area contributed by atoms with Gasteiger partial charge in [-0.1, -0.05) is 13.8 Å². The molecule has 0 amide bonds. The second-order valence-electron chi connectivity index (χ2n) is 4.61. The van der Waals surface area contributed by atoms with E-state index in [1.54, 1.807) is 13.8 Å². The Hall–Kier alpha value is -0.710. The predicted molar refractivity (Wildman–Crippen MR) is 53.0 cm³/mol. The van der Waals surface area contributed by atoms with Gasteiger partial charge in [-0.25, -0.2) is 4.39 Å². The van der Waals surface area contributed by atoms with E-state index >= 15 is 0 Å². The Balaban J connectivity index is 3.03. The van der Waals surface area contributed by atoms with Crippen molar-refractivity contribution in [2.24, 2.45) is 17.3 Å². The summed E-state index contributed by atoms with van der Waals surface area (Å²) in [7, 11) is 0. The van der Waals surface area contributed by atoms with E-state index in [1.165, 1.54) is 0 Å². The quantitative estimate of drug-likeness (QED) is 0.786. The van der Waals surface area contributed by atoms with Crippen LogP contribution in [0.25, 0.3) is 0 Å². The van der Waals surface area contributed by atoms with Gasteiger partial charge >= 0.3 is 11.4 Å². The zero-order valence-corrected chi connectivity index (χ0v) is 9.78. The maximum Gasteiger partial charge on any atom is 0.373 e. The molecule has 2 nitrogen and oxygen atoms in total. The molecule has 1 aliphatic rings. The highest BCUT2D eigenvalue weighted by atomic mass is 35.5. The third-order valence-electron chi connectivity index (χ3n) is 3.16. The van der Waals surface area contributed by atoms with Crippen molar-refractivity contribution in [2.45, 2.75) is 26.2 Å². The average molecular weight is 257 g/mol. The first-order chi connectivity index (χ1) is 7.01. The fourth-order valence-corrected chi connectivity index (χ4v) is 2.42. The molecule has 0 bridgehead atoms. The number of rotatable bonds is 3. The van der Waals surface area contributed by atoms with Crippen LogP contribution in [-0.2, 0) is 4.79 Å². The van der Waals surface area contributed by atoms with E-state index < -0.39 is 34.4 Å². The number of carboxylic acid groups (broad SMARTS) is 1. The van der Waals surface area contributed by atoms with Gasteiger partial charge in [0.2, 0.25) is 0 Å². The molecule has 2 atom stereocenters. The smallest absolute Gasteiger partial charge is 0.373 e. The molecule has 0 radical (unpaired) electrons. The van der Waals surface area contributed by atoms with Crippen molar-refractivity contribution >= 4 is 17.6 Å². The topological polar surface area (TPSA) is 37.3 Å². The number of carboxylic acids is 1. The van der Waals surface area contributed by atoms with Crippen molar-refractivity contribution in [2.75, 3.05) is 0 Å². The highest BCUT2D eigenvalue weighted by molar-refractivity contribution is 6.23. The van der Waals surface area contributed by atoms with E-state index in [-0.39, 0.29) is 5.57 Å². The third-order valence-corrected chi connectivity index (χ3v) is 3.32. The molecular formula is C10H12ClF3O2. The first-order valence-corrected chi connectivity index (χ1v) is 5.05. The van der Waals surface area contributed by atoms with Crippen molar-refractivity contribution in [1.29, 1.82) is 0 Å². The minimum atomic E-state index is -4.06. The summed E-state index contributed by atoms with van der Waals surface area (Å²) in [4.78, 5) is 10.8. The summed E-state index contributed by atoms with van der Waals surface area (Å²) in [5, 5.41) is 4.76. The van der Waals surface area contributed by atoms with E-state index in [1.807, 2.05) is 0 Å². The Kier molecular flexibility index (Phi) is 3.05. The van der Waals surface area contributed by atoms with Crippen molar-refractivity contribution < 1.29 is 23.1 Å². The van der Waals surface area contributed by atoms with Gasteiger partial charge in [-0.15, -0.1) is 0 Å². The lowest BCUT2D eigenvalue weighted by atomic mass is 10.0. The highest BCUT2D eigenvalue weighted by Gasteiger charge is 2.64. The van der Waals surface area contributed by atoms with Crippen LogP contribution in [0.2, 0.25) is 0 Å². The van der Waals surface area contributed by atoms with Crippen LogP contribution in [0, 0.1) is 17.3 Å². The Labute approximate surface area is 96.1 Å². The molecule has 0 spiro atoms. The zero-order valence-electron chi connectivity index (χ0n) is 9.02. The minimum Gasteiger partial charge on any atom is -0.481 e. The van der Waals surface area contributed by atoms with Crippen LogP contribution in [-0.4, -0.2) is 16.5 Å². The number of aliphatic carboxylic acids is 1. The fraction of sp³-hybridized carbons (Fsp3) is 0.700. The van der Waals surface area contributed by atoms with Gasteiger partial charge in [-0.2, -0.15) is 8.78 Å². The predicted octanol–water partition coefficient (Wildman–Crippen LogP) is 3.42. The first kappa shape index (κ1) is 13.4. The summed E-state index contributed by atoms with van der Waals surface area (Å²) in [5.74, 6) is -4.41. The van der Waals surface area contributed by atoms with E-state index in [9.17, 15) is 18.0 Å². The second-order valence-corrected chi connectivity index (χ2v) is 5.08. The zero-order chi connectivity index (χ0) is 12.9. The molecule has 1 saturated carbocycles. The van der Waals surface area contributed by atoms with E-state index in [2.05, 4.69) is 11.6 Å². The number of halogens is 4. The first-order valence-electron chi connectivity index (χ1n) is 4.67. The molecule has 6 heteroatoms. The van der Waals surface area contributed by atoms with Gasteiger partial charge in [0.25, 0.3) is 0 Å². The van der Waals surface area contributed by atoms with Crippen molar-refractivity contribution in [3.63, 3.8) is 0 Å². The number of carbonyl (C=O) groups is 1. The van der Waals surface area contributed by atoms with Crippen LogP contribution in [0.5, 0.6) is 0 Å². The molecule has 0 aromatic rings. The molecule has 2 unspecified atom stereocenters. The molecule has 16 heavy (non-hydrogen) atoms. The van der Waals surface area contributed by atoms with E-state index in [0.717, 1.165) is 6.92 Å². The Morgan fingerprint density at radius 2 is 1.81 bits per heavy atom. The Morgan fingerprint density at radius 3 is 2.06 bits per heavy atom. The number of allylic oxidation sites excluding steroid dienone is 2. The second kappa shape index (κ2) is 3.65. The van der Waals surface area contributed by atoms with Crippen molar-refractivity contribution in [1.82, 2.24) is 0 Å². The molecule has 92 valence electrons. The molecule has 0 saturated heterocycles. The maximum absolute atomic E-state index is 13.2.